The third-order valence-corrected chi connectivity index (χ3v) is 4.26. The quantitative estimate of drug-likeness (QED) is 0.624. The molecule has 0 aliphatic rings. The fourth-order valence-electron chi connectivity index (χ4n) is 1.90. The SMILES string of the molecule is CC(N)c1ncc(C(O)Nc2cc(CO)cc(C(F)(F)F)c2)s1. The second kappa shape index (κ2) is 6.83. The van der Waals surface area contributed by atoms with Gasteiger partial charge in [0.2, 0.25) is 0 Å². The molecule has 5 nitrogen and oxygen atoms in total. The summed E-state index contributed by atoms with van der Waals surface area (Å²) in [7, 11) is 0. The Hall–Kier alpha value is -1.68. The number of aromatic nitrogens is 1. The Bertz CT molecular complexity index is 674. The van der Waals surface area contributed by atoms with Crippen molar-refractivity contribution in [1.82, 2.24) is 4.98 Å². The maximum Gasteiger partial charge on any atom is 0.416 e. The van der Waals surface area contributed by atoms with Gasteiger partial charge in [-0.05, 0) is 30.7 Å². The summed E-state index contributed by atoms with van der Waals surface area (Å²) in [6.45, 7) is 1.20. The van der Waals surface area contributed by atoms with Crippen LogP contribution in [0.1, 0.15) is 40.2 Å². The Morgan fingerprint density at radius 3 is 2.57 bits per heavy atom. The largest absolute Gasteiger partial charge is 0.416 e. The molecular weight excluding hydrogens is 331 g/mol. The number of nitrogens with zero attached hydrogens (tertiary/aromatic N) is 1. The van der Waals surface area contributed by atoms with Gasteiger partial charge in [0, 0.05) is 11.9 Å². The number of thiazole rings is 1. The van der Waals surface area contributed by atoms with Gasteiger partial charge in [-0.15, -0.1) is 11.3 Å². The van der Waals surface area contributed by atoms with Crippen molar-refractivity contribution in [2.45, 2.75) is 32.0 Å². The molecule has 1 heterocycles. The Morgan fingerprint density at radius 2 is 2.04 bits per heavy atom. The summed E-state index contributed by atoms with van der Waals surface area (Å²) in [5, 5.41) is 22.4. The molecule has 0 aliphatic heterocycles. The highest BCUT2D eigenvalue weighted by molar-refractivity contribution is 7.11. The van der Waals surface area contributed by atoms with Gasteiger partial charge in [-0.3, -0.25) is 0 Å². The van der Waals surface area contributed by atoms with E-state index < -0.39 is 24.6 Å². The molecule has 0 fully saturated rings. The number of rotatable bonds is 5. The van der Waals surface area contributed by atoms with Crippen LogP contribution in [0.5, 0.6) is 0 Å². The van der Waals surface area contributed by atoms with E-state index in [0.29, 0.717) is 9.88 Å². The van der Waals surface area contributed by atoms with E-state index in [-0.39, 0.29) is 17.3 Å². The number of nitrogens with one attached hydrogen (secondary N) is 1. The van der Waals surface area contributed by atoms with Gasteiger partial charge in [0.25, 0.3) is 0 Å². The minimum absolute atomic E-state index is 0.0483. The molecular formula is C14H16F3N3O2S. The van der Waals surface area contributed by atoms with Crippen molar-refractivity contribution in [2.24, 2.45) is 5.73 Å². The molecule has 0 amide bonds. The van der Waals surface area contributed by atoms with Crippen LogP contribution in [-0.2, 0) is 12.8 Å². The first kappa shape index (κ1) is 17.7. The molecule has 5 N–H and O–H groups in total. The first-order valence-electron chi connectivity index (χ1n) is 6.68. The predicted octanol–water partition coefficient (Wildman–Crippen LogP) is 2.78. The van der Waals surface area contributed by atoms with E-state index in [2.05, 4.69) is 10.3 Å². The first-order chi connectivity index (χ1) is 10.7. The van der Waals surface area contributed by atoms with E-state index in [1.54, 1.807) is 6.92 Å². The molecule has 23 heavy (non-hydrogen) atoms. The van der Waals surface area contributed by atoms with Gasteiger partial charge in [-0.1, -0.05) is 0 Å². The van der Waals surface area contributed by atoms with E-state index >= 15 is 0 Å². The summed E-state index contributed by atoms with van der Waals surface area (Å²) < 4.78 is 38.5. The topological polar surface area (TPSA) is 91.4 Å². The number of nitrogens with two attached hydrogens (primary N) is 1. The van der Waals surface area contributed by atoms with Gasteiger partial charge < -0.3 is 21.3 Å². The molecule has 2 aromatic rings. The van der Waals surface area contributed by atoms with Gasteiger partial charge in [-0.2, -0.15) is 13.2 Å². The number of aliphatic hydroxyl groups excluding tert-OH is 2. The van der Waals surface area contributed by atoms with Crippen LogP contribution in [0.4, 0.5) is 18.9 Å². The van der Waals surface area contributed by atoms with Crippen molar-refractivity contribution in [3.63, 3.8) is 0 Å². The van der Waals surface area contributed by atoms with Gasteiger partial charge in [-0.25, -0.2) is 4.98 Å². The summed E-state index contributed by atoms with van der Waals surface area (Å²) in [4.78, 5) is 4.47. The van der Waals surface area contributed by atoms with Crippen molar-refractivity contribution in [2.75, 3.05) is 5.32 Å². The molecule has 0 aliphatic carbocycles. The van der Waals surface area contributed by atoms with Crippen molar-refractivity contribution < 1.29 is 23.4 Å². The smallest absolute Gasteiger partial charge is 0.392 e. The fourth-order valence-corrected chi connectivity index (χ4v) is 2.71. The molecule has 2 atom stereocenters. The van der Waals surface area contributed by atoms with E-state index in [1.165, 1.54) is 23.6 Å². The minimum atomic E-state index is -4.54. The summed E-state index contributed by atoms with van der Waals surface area (Å²) in [6, 6.07) is 2.77. The molecule has 0 saturated carbocycles. The zero-order chi connectivity index (χ0) is 17.2. The zero-order valence-corrected chi connectivity index (χ0v) is 12.9. The monoisotopic (exact) mass is 347 g/mol. The number of alkyl halides is 3. The minimum Gasteiger partial charge on any atom is -0.392 e. The lowest BCUT2D eigenvalue weighted by molar-refractivity contribution is -0.137. The number of benzene rings is 1. The summed E-state index contributed by atoms with van der Waals surface area (Å²) in [5.41, 5.74) is 4.92. The van der Waals surface area contributed by atoms with Crippen LogP contribution in [0.2, 0.25) is 0 Å². The van der Waals surface area contributed by atoms with Gasteiger partial charge >= 0.3 is 6.18 Å². The number of halogens is 3. The molecule has 2 rings (SSSR count). The Labute approximate surface area is 134 Å². The molecule has 0 radical (unpaired) electrons. The summed E-state index contributed by atoms with van der Waals surface area (Å²) >= 11 is 1.17. The number of anilines is 1. The highest BCUT2D eigenvalue weighted by Gasteiger charge is 2.31. The molecule has 2 unspecified atom stereocenters. The third kappa shape index (κ3) is 4.41. The van der Waals surface area contributed by atoms with Crippen LogP contribution < -0.4 is 11.1 Å². The molecule has 0 spiro atoms. The van der Waals surface area contributed by atoms with E-state index in [9.17, 15) is 18.3 Å². The molecule has 1 aromatic heterocycles. The van der Waals surface area contributed by atoms with Crippen LogP contribution in [-0.4, -0.2) is 15.2 Å². The standard InChI is InChI=1S/C14H16F3N3O2S/c1-7(18)13-19-5-11(23-13)12(22)20-10-3-8(6-21)2-9(4-10)14(15,16)17/h2-5,7,12,20-22H,6,18H2,1H3. The Morgan fingerprint density at radius 1 is 1.35 bits per heavy atom. The van der Waals surface area contributed by atoms with Gasteiger partial charge in [0.15, 0.2) is 6.23 Å². The maximum atomic E-state index is 12.8. The third-order valence-electron chi connectivity index (χ3n) is 3.01. The number of hydrogen-bond donors (Lipinski definition) is 4. The molecule has 126 valence electrons. The average Bonchev–Trinajstić information content (AvgIpc) is 2.96. The fraction of sp³-hybridized carbons (Fsp3) is 0.357. The van der Waals surface area contributed by atoms with E-state index in [0.717, 1.165) is 12.1 Å². The lowest BCUT2D eigenvalue weighted by atomic mass is 10.1. The highest BCUT2D eigenvalue weighted by atomic mass is 32.1. The lowest BCUT2D eigenvalue weighted by Gasteiger charge is -2.16. The second-order valence-corrected chi connectivity index (χ2v) is 6.10. The molecule has 9 heteroatoms. The van der Waals surface area contributed by atoms with Gasteiger partial charge in [0.05, 0.1) is 23.1 Å². The van der Waals surface area contributed by atoms with E-state index in [1.807, 2.05) is 0 Å². The van der Waals surface area contributed by atoms with Crippen molar-refractivity contribution in [1.29, 1.82) is 0 Å². The second-order valence-electron chi connectivity index (χ2n) is 5.01. The van der Waals surface area contributed by atoms with Crippen LogP contribution in [0.15, 0.2) is 24.4 Å². The lowest BCUT2D eigenvalue weighted by Crippen LogP contribution is -2.11. The molecule has 0 bridgehead atoms. The zero-order valence-electron chi connectivity index (χ0n) is 12.1. The normalized spacial score (nSPS) is 14.6. The number of hydrogen-bond acceptors (Lipinski definition) is 6. The van der Waals surface area contributed by atoms with Crippen LogP contribution in [0.25, 0.3) is 0 Å². The molecule has 1 aromatic carbocycles. The van der Waals surface area contributed by atoms with Crippen LogP contribution >= 0.6 is 11.3 Å². The first-order valence-corrected chi connectivity index (χ1v) is 7.50. The summed E-state index contributed by atoms with van der Waals surface area (Å²) in [5.74, 6) is 0. The van der Waals surface area contributed by atoms with Crippen molar-refractivity contribution in [3.05, 3.63) is 45.4 Å². The van der Waals surface area contributed by atoms with Crippen LogP contribution in [0, 0.1) is 0 Å². The number of aliphatic hydroxyl groups is 2. The van der Waals surface area contributed by atoms with Gasteiger partial charge in [0.1, 0.15) is 5.01 Å². The maximum absolute atomic E-state index is 12.8. The van der Waals surface area contributed by atoms with Crippen molar-refractivity contribution in [3.8, 4) is 0 Å². The van der Waals surface area contributed by atoms with E-state index in [4.69, 9.17) is 10.8 Å². The Kier molecular flexibility index (Phi) is 5.25. The predicted molar refractivity (Wildman–Crippen MR) is 80.7 cm³/mol. The average molecular weight is 347 g/mol. The van der Waals surface area contributed by atoms with Crippen molar-refractivity contribution >= 4 is 17.0 Å². The molecule has 0 saturated heterocycles. The summed E-state index contributed by atoms with van der Waals surface area (Å²) in [6.07, 6.45) is -4.35. The Balaban J connectivity index is 2.24. The highest BCUT2D eigenvalue weighted by Crippen LogP contribution is 2.33. The van der Waals surface area contributed by atoms with Crippen LogP contribution in [0.3, 0.4) is 0 Å².